The van der Waals surface area contributed by atoms with Crippen molar-refractivity contribution in [3.8, 4) is 11.8 Å². The molecule has 2 N–H and O–H groups in total. The molecule has 0 spiro atoms. The first-order valence-electron chi connectivity index (χ1n) is 10.8. The highest BCUT2D eigenvalue weighted by Gasteiger charge is 2.24. The van der Waals surface area contributed by atoms with Crippen molar-refractivity contribution in [1.82, 2.24) is 10.2 Å². The van der Waals surface area contributed by atoms with E-state index in [2.05, 4.69) is 26.5 Å². The Kier molecular flexibility index (Phi) is 8.93. The smallest absolute Gasteiger partial charge is 0.329 e. The highest BCUT2D eigenvalue weighted by Crippen LogP contribution is 2.32. The molecule has 1 aromatic heterocycles. The average molecular weight is 518 g/mol. The zero-order chi connectivity index (χ0) is 24.1. The number of anilines is 2. The Balaban J connectivity index is 0.00000342. The minimum absolute atomic E-state index is 0. The maximum absolute atomic E-state index is 10.8. The molecule has 1 saturated heterocycles. The van der Waals surface area contributed by atoms with Crippen molar-refractivity contribution in [3.05, 3.63) is 52.5 Å². The third-order valence-corrected chi connectivity index (χ3v) is 6.04. The molecule has 11 heteroatoms. The van der Waals surface area contributed by atoms with Gasteiger partial charge in [0.1, 0.15) is 12.4 Å². The molecule has 9 nitrogen and oxygen atoms in total. The summed E-state index contributed by atoms with van der Waals surface area (Å²) in [6.07, 6.45) is 1.31. The number of carboxylic acids is 1. The van der Waals surface area contributed by atoms with Gasteiger partial charge in [-0.3, -0.25) is 0 Å². The molecule has 1 aliphatic heterocycles. The molecule has 4 rings (SSSR count). The zero-order valence-corrected chi connectivity index (χ0v) is 20.6. The maximum Gasteiger partial charge on any atom is 0.329 e. The van der Waals surface area contributed by atoms with Crippen molar-refractivity contribution in [2.24, 2.45) is 0 Å². The normalized spacial score (nSPS) is 13.7. The summed E-state index contributed by atoms with van der Waals surface area (Å²) in [5, 5.41) is 32.7. The van der Waals surface area contributed by atoms with Gasteiger partial charge >= 0.3 is 5.97 Å². The van der Waals surface area contributed by atoms with Crippen LogP contribution in [0, 0.1) is 11.3 Å². The summed E-state index contributed by atoms with van der Waals surface area (Å²) in [6.45, 7) is 1.52. The van der Waals surface area contributed by atoms with Crippen LogP contribution in [0.2, 0.25) is 5.02 Å². The van der Waals surface area contributed by atoms with E-state index >= 15 is 0 Å². The summed E-state index contributed by atoms with van der Waals surface area (Å²) in [5.74, 6) is 0.945. The Morgan fingerprint density at radius 2 is 2.00 bits per heavy atom. The summed E-state index contributed by atoms with van der Waals surface area (Å²) in [7, 11) is 1.57. The number of hydrogen-bond donors (Lipinski definition) is 2. The Labute approximate surface area is 214 Å². The Morgan fingerprint density at radius 3 is 2.66 bits per heavy atom. The molecule has 0 saturated carbocycles. The van der Waals surface area contributed by atoms with E-state index < -0.39 is 5.97 Å². The van der Waals surface area contributed by atoms with Crippen LogP contribution in [0.4, 0.5) is 11.6 Å². The van der Waals surface area contributed by atoms with Gasteiger partial charge in [0.15, 0.2) is 11.6 Å². The van der Waals surface area contributed by atoms with Crippen LogP contribution in [0.5, 0.6) is 5.75 Å². The highest BCUT2D eigenvalue weighted by atomic mass is 35.5. The minimum atomic E-state index is -0.965. The van der Waals surface area contributed by atoms with Gasteiger partial charge in [-0.1, -0.05) is 17.7 Å². The molecule has 0 bridgehead atoms. The molecule has 1 aliphatic rings. The Bertz CT molecular complexity index is 1240. The maximum atomic E-state index is 10.8. The minimum Gasteiger partial charge on any atom is -0.495 e. The molecule has 2 heterocycles. The second-order valence-electron chi connectivity index (χ2n) is 7.96. The summed E-state index contributed by atoms with van der Waals surface area (Å²) in [6, 6.07) is 13.2. The predicted molar refractivity (Wildman–Crippen MR) is 136 cm³/mol. The van der Waals surface area contributed by atoms with E-state index in [0.29, 0.717) is 54.6 Å². The molecule has 184 valence electrons. The van der Waals surface area contributed by atoms with Gasteiger partial charge in [0.25, 0.3) is 0 Å². The molecule has 2 aromatic carbocycles. The van der Waals surface area contributed by atoms with Gasteiger partial charge < -0.3 is 24.8 Å². The number of nitrogens with one attached hydrogen (secondary N) is 1. The summed E-state index contributed by atoms with van der Waals surface area (Å²) in [4.78, 5) is 12.9. The van der Waals surface area contributed by atoms with Crippen LogP contribution >= 0.6 is 24.0 Å². The summed E-state index contributed by atoms with van der Waals surface area (Å²) < 4.78 is 10.6. The molecule has 3 aromatic rings. The first-order valence-corrected chi connectivity index (χ1v) is 11.2. The number of carbonyl (C=O) groups is 1. The van der Waals surface area contributed by atoms with E-state index in [4.69, 9.17) is 26.2 Å². The standard InChI is InChI=1S/C24H24ClN5O4.ClH/c1-33-21-5-3-16(11-20(21)25)13-27-23-19-10-15(12-26)2-4-18(19)24(29-28-23)30-8-6-17(7-9-30)34-14-22(31)32;/h2-5,10-11,17H,6-9,13-14H2,1H3,(H,27,28)(H,31,32);1H. The predicted octanol–water partition coefficient (Wildman–Crippen LogP) is 4.27. The van der Waals surface area contributed by atoms with E-state index in [1.165, 1.54) is 0 Å². The molecule has 0 unspecified atom stereocenters. The second-order valence-corrected chi connectivity index (χ2v) is 8.37. The third-order valence-electron chi connectivity index (χ3n) is 5.75. The highest BCUT2D eigenvalue weighted by molar-refractivity contribution is 6.32. The van der Waals surface area contributed by atoms with Gasteiger partial charge in [-0.2, -0.15) is 5.26 Å². The fraction of sp³-hybridized carbons (Fsp3) is 0.333. The summed E-state index contributed by atoms with van der Waals surface area (Å²) >= 11 is 6.24. The quantitative estimate of drug-likeness (QED) is 0.451. The number of aromatic nitrogens is 2. The topological polar surface area (TPSA) is 121 Å². The van der Waals surface area contributed by atoms with Crippen LogP contribution in [0.15, 0.2) is 36.4 Å². The number of ether oxygens (including phenoxy) is 2. The molecular formula is C24H25Cl2N5O4. The van der Waals surface area contributed by atoms with Gasteiger partial charge in [-0.05, 0) is 48.7 Å². The van der Waals surface area contributed by atoms with E-state index in [1.807, 2.05) is 24.3 Å². The number of piperidine rings is 1. The lowest BCUT2D eigenvalue weighted by Crippen LogP contribution is -2.38. The number of benzene rings is 2. The van der Waals surface area contributed by atoms with Gasteiger partial charge in [0, 0.05) is 30.4 Å². The first kappa shape index (κ1) is 26.3. The second kappa shape index (κ2) is 11.9. The largest absolute Gasteiger partial charge is 0.495 e. The average Bonchev–Trinajstić information content (AvgIpc) is 2.86. The SMILES string of the molecule is COc1ccc(CNc2nnc(N3CCC(OCC(=O)O)CC3)c3ccc(C#N)cc23)cc1Cl.Cl. The van der Waals surface area contributed by atoms with Crippen LogP contribution < -0.4 is 15.0 Å². The number of halogens is 2. The van der Waals surface area contributed by atoms with Crippen molar-refractivity contribution in [2.45, 2.75) is 25.5 Å². The lowest BCUT2D eigenvalue weighted by molar-refractivity contribution is -0.144. The van der Waals surface area contributed by atoms with Crippen LogP contribution in [0.1, 0.15) is 24.0 Å². The number of carboxylic acid groups (broad SMARTS) is 1. The number of rotatable bonds is 8. The Hall–Kier alpha value is -3.32. The van der Waals surface area contributed by atoms with Crippen LogP contribution in [-0.2, 0) is 16.1 Å². The summed E-state index contributed by atoms with van der Waals surface area (Å²) in [5.41, 5.74) is 1.48. The van der Waals surface area contributed by atoms with Gasteiger partial charge in [-0.25, -0.2) is 4.79 Å². The lowest BCUT2D eigenvalue weighted by Gasteiger charge is -2.32. The van der Waals surface area contributed by atoms with Crippen molar-refractivity contribution in [3.63, 3.8) is 0 Å². The monoisotopic (exact) mass is 517 g/mol. The fourth-order valence-corrected chi connectivity index (χ4v) is 4.28. The molecule has 0 amide bonds. The van der Waals surface area contributed by atoms with Crippen LogP contribution in [-0.4, -0.2) is 54.2 Å². The van der Waals surface area contributed by atoms with E-state index in [1.54, 1.807) is 19.2 Å². The van der Waals surface area contributed by atoms with Gasteiger partial charge in [0.2, 0.25) is 0 Å². The molecule has 35 heavy (non-hydrogen) atoms. The lowest BCUT2D eigenvalue weighted by atomic mass is 10.1. The van der Waals surface area contributed by atoms with Crippen molar-refractivity contribution in [1.29, 1.82) is 5.26 Å². The van der Waals surface area contributed by atoms with E-state index in [-0.39, 0.29) is 25.1 Å². The van der Waals surface area contributed by atoms with Crippen molar-refractivity contribution in [2.75, 3.05) is 37.0 Å². The van der Waals surface area contributed by atoms with Gasteiger partial charge in [0.05, 0.1) is 29.9 Å². The molecular weight excluding hydrogens is 493 g/mol. The zero-order valence-electron chi connectivity index (χ0n) is 19.0. The molecule has 1 fully saturated rings. The number of nitrogens with zero attached hydrogens (tertiary/aromatic N) is 4. The van der Waals surface area contributed by atoms with Gasteiger partial charge in [-0.15, -0.1) is 22.6 Å². The van der Waals surface area contributed by atoms with Crippen molar-refractivity contribution < 1.29 is 19.4 Å². The number of nitriles is 1. The van der Waals surface area contributed by atoms with E-state index in [0.717, 1.165) is 22.2 Å². The molecule has 0 radical (unpaired) electrons. The van der Waals surface area contributed by atoms with Crippen LogP contribution in [0.25, 0.3) is 10.8 Å². The van der Waals surface area contributed by atoms with Crippen molar-refractivity contribution >= 4 is 52.4 Å². The number of aliphatic carboxylic acids is 1. The van der Waals surface area contributed by atoms with E-state index in [9.17, 15) is 10.1 Å². The Morgan fingerprint density at radius 1 is 1.23 bits per heavy atom. The molecule has 0 aliphatic carbocycles. The number of methoxy groups -OCH3 is 1. The number of hydrogen-bond acceptors (Lipinski definition) is 8. The third kappa shape index (κ3) is 6.22. The fourth-order valence-electron chi connectivity index (χ4n) is 4.00. The van der Waals surface area contributed by atoms with Crippen LogP contribution in [0.3, 0.4) is 0 Å². The molecule has 0 atom stereocenters. The first-order chi connectivity index (χ1) is 16.5. The number of fused-ring (bicyclic) bond motifs is 1.